The molecular weight excluding hydrogens is 451 g/mol. The van der Waals surface area contributed by atoms with Crippen molar-refractivity contribution < 1.29 is 28.2 Å². The number of benzene rings is 2. The Morgan fingerprint density at radius 1 is 1.14 bits per heavy atom. The van der Waals surface area contributed by atoms with E-state index < -0.39 is 0 Å². The number of rotatable bonds is 9. The summed E-state index contributed by atoms with van der Waals surface area (Å²) in [7, 11) is 3.21. The van der Waals surface area contributed by atoms with Gasteiger partial charge in [0.25, 0.3) is 0 Å². The first-order chi connectivity index (χ1) is 16.9. The fourth-order valence-corrected chi connectivity index (χ4v) is 4.89. The van der Waals surface area contributed by atoms with Gasteiger partial charge in [-0.3, -0.25) is 9.59 Å². The monoisotopic (exact) mass is 482 g/mol. The molecule has 1 aliphatic carbocycles. The second kappa shape index (κ2) is 10.8. The van der Waals surface area contributed by atoms with E-state index >= 15 is 0 Å². The van der Waals surface area contributed by atoms with E-state index in [9.17, 15) is 14.0 Å². The molecule has 1 amide bonds. The number of amides is 1. The molecule has 7 nitrogen and oxygen atoms in total. The second-order valence-corrected chi connectivity index (χ2v) is 8.66. The summed E-state index contributed by atoms with van der Waals surface area (Å²) in [5.74, 6) is 0.737. The van der Waals surface area contributed by atoms with E-state index in [4.69, 9.17) is 14.2 Å². The third-order valence-corrected chi connectivity index (χ3v) is 6.50. The molecule has 0 radical (unpaired) electrons. The molecule has 3 aromatic rings. The quantitative estimate of drug-likeness (QED) is 0.467. The summed E-state index contributed by atoms with van der Waals surface area (Å²) in [4.78, 5) is 25.0. The fraction of sp³-hybridized carbons (Fsp3) is 0.407. The SMILES string of the molecule is CCOC(=O)Cn1c2c(c3cc(F)ccc31)C[C@@H](NC(=O)CCc1cc(OC)ccc1OC)CC2. The van der Waals surface area contributed by atoms with Gasteiger partial charge in [-0.1, -0.05) is 0 Å². The number of aromatic nitrogens is 1. The van der Waals surface area contributed by atoms with Gasteiger partial charge in [-0.2, -0.15) is 0 Å². The van der Waals surface area contributed by atoms with Gasteiger partial charge in [-0.25, -0.2) is 4.39 Å². The van der Waals surface area contributed by atoms with Crippen LogP contribution in [-0.2, 0) is 40.1 Å². The molecule has 0 spiro atoms. The highest BCUT2D eigenvalue weighted by Gasteiger charge is 2.27. The van der Waals surface area contributed by atoms with Gasteiger partial charge in [0.1, 0.15) is 23.9 Å². The molecule has 8 heteroatoms. The normalized spacial score (nSPS) is 14.9. The number of hydrogen-bond acceptors (Lipinski definition) is 5. The number of halogens is 1. The fourth-order valence-electron chi connectivity index (χ4n) is 4.89. The molecule has 4 rings (SSSR count). The highest BCUT2D eigenvalue weighted by Crippen LogP contribution is 2.33. The van der Waals surface area contributed by atoms with E-state index in [2.05, 4.69) is 5.32 Å². The number of ether oxygens (including phenoxy) is 3. The predicted octanol–water partition coefficient (Wildman–Crippen LogP) is 3.97. The van der Waals surface area contributed by atoms with Gasteiger partial charge in [0.05, 0.1) is 20.8 Å². The molecule has 1 heterocycles. The molecular formula is C27H31FN2O5. The number of nitrogens with one attached hydrogen (secondary N) is 1. The largest absolute Gasteiger partial charge is 0.497 e. The predicted molar refractivity (Wildman–Crippen MR) is 130 cm³/mol. The number of carbonyl (C=O) groups excluding carboxylic acids is 2. The molecule has 1 atom stereocenters. The Morgan fingerprint density at radius 3 is 2.71 bits per heavy atom. The van der Waals surface area contributed by atoms with Gasteiger partial charge >= 0.3 is 5.97 Å². The Balaban J connectivity index is 1.47. The number of carbonyl (C=O) groups is 2. The lowest BCUT2D eigenvalue weighted by Crippen LogP contribution is -2.39. The van der Waals surface area contributed by atoms with Gasteiger partial charge < -0.3 is 24.1 Å². The van der Waals surface area contributed by atoms with Crippen molar-refractivity contribution in [2.75, 3.05) is 20.8 Å². The first-order valence-electron chi connectivity index (χ1n) is 11.9. The van der Waals surface area contributed by atoms with Crippen LogP contribution in [0.2, 0.25) is 0 Å². The van der Waals surface area contributed by atoms with Crippen molar-refractivity contribution in [1.29, 1.82) is 0 Å². The van der Waals surface area contributed by atoms with Gasteiger partial charge in [0, 0.05) is 29.1 Å². The molecule has 2 aromatic carbocycles. The number of hydrogen-bond donors (Lipinski definition) is 1. The van der Waals surface area contributed by atoms with Crippen molar-refractivity contribution in [2.45, 2.75) is 51.6 Å². The first-order valence-corrected chi connectivity index (χ1v) is 11.9. The topological polar surface area (TPSA) is 78.8 Å². The molecule has 186 valence electrons. The smallest absolute Gasteiger partial charge is 0.325 e. The third kappa shape index (κ3) is 5.42. The van der Waals surface area contributed by atoms with Crippen LogP contribution in [0.5, 0.6) is 11.5 Å². The lowest BCUT2D eigenvalue weighted by molar-refractivity contribution is -0.143. The molecule has 0 aliphatic heterocycles. The summed E-state index contributed by atoms with van der Waals surface area (Å²) < 4.78 is 31.9. The van der Waals surface area contributed by atoms with Crippen LogP contribution in [0.3, 0.4) is 0 Å². The Kier molecular flexibility index (Phi) is 7.58. The minimum atomic E-state index is -0.327. The standard InChI is InChI=1S/C27H31FN2O5/c1-4-35-27(32)16-30-23-9-6-18(28)14-21(23)22-15-19(7-10-24(22)30)29-26(31)12-5-17-13-20(33-2)8-11-25(17)34-3/h6,8-9,11,13-14,19H,4-5,7,10,12,15-16H2,1-3H3,(H,29,31)/t19-/m0/s1. The maximum absolute atomic E-state index is 14.1. The Bertz CT molecular complexity index is 1240. The maximum Gasteiger partial charge on any atom is 0.325 e. The number of methoxy groups -OCH3 is 2. The zero-order chi connectivity index (χ0) is 24.9. The van der Waals surface area contributed by atoms with Crippen LogP contribution in [0.25, 0.3) is 10.9 Å². The molecule has 0 bridgehead atoms. The molecule has 1 N–H and O–H groups in total. The van der Waals surface area contributed by atoms with Crippen LogP contribution < -0.4 is 14.8 Å². The number of fused-ring (bicyclic) bond motifs is 3. The van der Waals surface area contributed by atoms with Crippen LogP contribution >= 0.6 is 0 Å². The zero-order valence-electron chi connectivity index (χ0n) is 20.4. The summed E-state index contributed by atoms with van der Waals surface area (Å²) in [6.45, 7) is 2.17. The summed E-state index contributed by atoms with van der Waals surface area (Å²) >= 11 is 0. The van der Waals surface area contributed by atoms with Crippen molar-refractivity contribution in [3.05, 3.63) is 59.0 Å². The van der Waals surface area contributed by atoms with E-state index in [0.717, 1.165) is 39.9 Å². The van der Waals surface area contributed by atoms with Gasteiger partial charge in [0.15, 0.2) is 0 Å². The minimum absolute atomic E-state index is 0.0511. The highest BCUT2D eigenvalue weighted by atomic mass is 19.1. The number of nitrogens with zero attached hydrogens (tertiary/aromatic N) is 1. The van der Waals surface area contributed by atoms with Crippen molar-refractivity contribution in [1.82, 2.24) is 9.88 Å². The summed E-state index contributed by atoms with van der Waals surface area (Å²) in [6.07, 6.45) is 2.84. The van der Waals surface area contributed by atoms with E-state index in [0.29, 0.717) is 38.0 Å². The van der Waals surface area contributed by atoms with Gasteiger partial charge in [-0.15, -0.1) is 0 Å². The van der Waals surface area contributed by atoms with E-state index in [1.165, 1.54) is 12.1 Å². The molecule has 0 saturated heterocycles. The van der Waals surface area contributed by atoms with Crippen molar-refractivity contribution >= 4 is 22.8 Å². The van der Waals surface area contributed by atoms with Crippen molar-refractivity contribution in [3.63, 3.8) is 0 Å². The summed E-state index contributed by atoms with van der Waals surface area (Å²) in [5.41, 5.74) is 3.70. The molecule has 0 saturated carbocycles. The summed E-state index contributed by atoms with van der Waals surface area (Å²) in [5, 5.41) is 3.92. The van der Waals surface area contributed by atoms with Crippen LogP contribution in [0.15, 0.2) is 36.4 Å². The van der Waals surface area contributed by atoms with Gasteiger partial charge in [-0.05, 0) is 80.1 Å². The van der Waals surface area contributed by atoms with Crippen LogP contribution in [-0.4, -0.2) is 43.3 Å². The van der Waals surface area contributed by atoms with E-state index in [-0.39, 0.29) is 30.3 Å². The average Bonchev–Trinajstić information content (AvgIpc) is 3.14. The molecule has 0 fully saturated rings. The van der Waals surface area contributed by atoms with Gasteiger partial charge in [0.2, 0.25) is 5.91 Å². The van der Waals surface area contributed by atoms with E-state index in [1.807, 2.05) is 22.8 Å². The Morgan fingerprint density at radius 2 is 1.97 bits per heavy atom. The Hall–Kier alpha value is -3.55. The number of esters is 1. The minimum Gasteiger partial charge on any atom is -0.497 e. The average molecular weight is 483 g/mol. The molecule has 1 aromatic heterocycles. The molecule has 1 aliphatic rings. The molecule has 0 unspecified atom stereocenters. The van der Waals surface area contributed by atoms with E-state index in [1.54, 1.807) is 27.2 Å². The second-order valence-electron chi connectivity index (χ2n) is 8.66. The van der Waals surface area contributed by atoms with Crippen LogP contribution in [0.4, 0.5) is 4.39 Å². The third-order valence-electron chi connectivity index (χ3n) is 6.50. The maximum atomic E-state index is 14.1. The zero-order valence-corrected chi connectivity index (χ0v) is 20.4. The number of aryl methyl sites for hydroxylation is 1. The lowest BCUT2D eigenvalue weighted by Gasteiger charge is -2.25. The van der Waals surface area contributed by atoms with Crippen LogP contribution in [0, 0.1) is 5.82 Å². The van der Waals surface area contributed by atoms with Crippen LogP contribution in [0.1, 0.15) is 36.6 Å². The van der Waals surface area contributed by atoms with Crippen molar-refractivity contribution in [3.8, 4) is 11.5 Å². The Labute approximate surface area is 204 Å². The van der Waals surface area contributed by atoms with Crippen molar-refractivity contribution in [2.24, 2.45) is 0 Å². The summed E-state index contributed by atoms with van der Waals surface area (Å²) in [6, 6.07) is 10.1. The molecule has 35 heavy (non-hydrogen) atoms. The lowest BCUT2D eigenvalue weighted by atomic mass is 9.91. The highest BCUT2D eigenvalue weighted by molar-refractivity contribution is 5.87. The first kappa shape index (κ1) is 24.6.